The summed E-state index contributed by atoms with van der Waals surface area (Å²) in [5, 5.41) is 0. The fourth-order valence-corrected chi connectivity index (χ4v) is 1.69. The molecule has 0 unspecified atom stereocenters. The molecule has 0 aliphatic carbocycles. The molecule has 1 aromatic rings. The molecule has 4 heteroatoms. The molecule has 0 aliphatic heterocycles. The monoisotopic (exact) mass is 229 g/mol. The highest BCUT2D eigenvalue weighted by Crippen LogP contribution is 2.17. The molecule has 0 N–H and O–H groups in total. The summed E-state index contributed by atoms with van der Waals surface area (Å²) in [4.78, 5) is 13.6. The van der Waals surface area contributed by atoms with Gasteiger partial charge in [0.25, 0.3) is 5.91 Å². The van der Waals surface area contributed by atoms with Crippen molar-refractivity contribution in [3.05, 3.63) is 23.2 Å². The molecule has 0 aromatic carbocycles. The molecule has 0 aliphatic rings. The molecular weight excluding hydrogens is 214 g/mol. The summed E-state index contributed by atoms with van der Waals surface area (Å²) in [5.41, 5.74) is 0.882. The fraction of sp³-hybridized carbons (Fsp3) is 0.545. The molecule has 0 spiro atoms. The number of carbonyl (C=O) groups is 1. The molecule has 1 amide bonds. The van der Waals surface area contributed by atoms with E-state index in [2.05, 4.69) is 0 Å². The Balaban J connectivity index is 2.90. The number of halogens is 1. The van der Waals surface area contributed by atoms with Gasteiger partial charge in [0.15, 0.2) is 5.76 Å². The minimum Gasteiger partial charge on any atom is -0.456 e. The molecule has 0 radical (unpaired) electrons. The van der Waals surface area contributed by atoms with Crippen LogP contribution in [0.5, 0.6) is 0 Å². The third kappa shape index (κ3) is 2.53. The second kappa shape index (κ2) is 5.21. The van der Waals surface area contributed by atoms with Crippen molar-refractivity contribution < 1.29 is 9.21 Å². The Morgan fingerprint density at radius 1 is 1.47 bits per heavy atom. The van der Waals surface area contributed by atoms with Crippen molar-refractivity contribution in [1.82, 2.24) is 4.90 Å². The number of nitrogens with zero attached hydrogens (tertiary/aromatic N) is 1. The Hall–Kier alpha value is -0.960. The highest BCUT2D eigenvalue weighted by molar-refractivity contribution is 6.17. The van der Waals surface area contributed by atoms with E-state index in [1.165, 1.54) is 0 Å². The first-order chi connectivity index (χ1) is 7.13. The largest absolute Gasteiger partial charge is 0.456 e. The lowest BCUT2D eigenvalue weighted by atomic mass is 10.2. The van der Waals surface area contributed by atoms with Crippen LogP contribution in [-0.4, -0.2) is 23.9 Å². The molecular formula is C11H16ClNO2. The second-order valence-electron chi connectivity index (χ2n) is 3.30. The van der Waals surface area contributed by atoms with Crippen molar-refractivity contribution in [2.75, 3.05) is 13.1 Å². The number of carbonyl (C=O) groups excluding carboxylic acids is 1. The SMILES string of the molecule is CCN(CC)C(=O)c1cc(CCl)c(C)o1. The third-order valence-electron chi connectivity index (χ3n) is 2.43. The zero-order valence-electron chi connectivity index (χ0n) is 9.34. The van der Waals surface area contributed by atoms with Gasteiger partial charge in [0.1, 0.15) is 5.76 Å². The lowest BCUT2D eigenvalue weighted by Gasteiger charge is -2.16. The summed E-state index contributed by atoms with van der Waals surface area (Å²) in [5.74, 6) is 1.41. The highest BCUT2D eigenvalue weighted by Gasteiger charge is 2.18. The number of furan rings is 1. The minimum atomic E-state index is -0.0699. The van der Waals surface area contributed by atoms with E-state index in [9.17, 15) is 4.79 Å². The van der Waals surface area contributed by atoms with Crippen molar-refractivity contribution in [2.45, 2.75) is 26.7 Å². The van der Waals surface area contributed by atoms with E-state index >= 15 is 0 Å². The van der Waals surface area contributed by atoms with E-state index in [4.69, 9.17) is 16.0 Å². The predicted molar refractivity (Wildman–Crippen MR) is 60.3 cm³/mol. The Morgan fingerprint density at radius 2 is 2.07 bits per heavy atom. The summed E-state index contributed by atoms with van der Waals surface area (Å²) < 4.78 is 5.38. The first-order valence-corrected chi connectivity index (χ1v) is 5.62. The van der Waals surface area contributed by atoms with Crippen molar-refractivity contribution in [3.63, 3.8) is 0 Å². The molecule has 15 heavy (non-hydrogen) atoms. The van der Waals surface area contributed by atoms with Crippen LogP contribution in [0.4, 0.5) is 0 Å². The van der Waals surface area contributed by atoms with Gasteiger partial charge in [-0.05, 0) is 26.8 Å². The summed E-state index contributed by atoms with van der Waals surface area (Å²) in [6.45, 7) is 7.08. The first kappa shape index (κ1) is 12.1. The van der Waals surface area contributed by atoms with Crippen LogP contribution in [0.2, 0.25) is 0 Å². The van der Waals surface area contributed by atoms with Crippen molar-refractivity contribution in [1.29, 1.82) is 0 Å². The van der Waals surface area contributed by atoms with Crippen LogP contribution >= 0.6 is 11.6 Å². The molecule has 1 heterocycles. The van der Waals surface area contributed by atoms with Gasteiger partial charge < -0.3 is 9.32 Å². The molecule has 0 atom stereocenters. The Morgan fingerprint density at radius 3 is 2.47 bits per heavy atom. The second-order valence-corrected chi connectivity index (χ2v) is 3.57. The van der Waals surface area contributed by atoms with Crippen LogP contribution in [0.25, 0.3) is 0 Å². The van der Waals surface area contributed by atoms with E-state index < -0.39 is 0 Å². The lowest BCUT2D eigenvalue weighted by molar-refractivity contribution is 0.0739. The van der Waals surface area contributed by atoms with Crippen LogP contribution in [0.1, 0.15) is 35.7 Å². The lowest BCUT2D eigenvalue weighted by Crippen LogP contribution is -2.30. The standard InChI is InChI=1S/C11H16ClNO2/c1-4-13(5-2)11(14)10-6-9(7-12)8(3)15-10/h6H,4-5,7H2,1-3H3. The molecule has 1 rings (SSSR count). The molecule has 3 nitrogen and oxygen atoms in total. The van der Waals surface area contributed by atoms with E-state index in [-0.39, 0.29) is 5.91 Å². The van der Waals surface area contributed by atoms with Gasteiger partial charge in [0.05, 0.1) is 5.88 Å². The number of alkyl halides is 1. The van der Waals surface area contributed by atoms with E-state index in [0.29, 0.717) is 24.7 Å². The van der Waals surface area contributed by atoms with Gasteiger partial charge in [-0.15, -0.1) is 11.6 Å². The normalized spacial score (nSPS) is 10.4. The van der Waals surface area contributed by atoms with Crippen LogP contribution in [0, 0.1) is 6.92 Å². The van der Waals surface area contributed by atoms with Crippen LogP contribution in [0.3, 0.4) is 0 Å². The topological polar surface area (TPSA) is 33.5 Å². The maximum atomic E-state index is 11.9. The van der Waals surface area contributed by atoms with Gasteiger partial charge in [0, 0.05) is 18.7 Å². The van der Waals surface area contributed by atoms with Crippen molar-refractivity contribution >= 4 is 17.5 Å². The fourth-order valence-electron chi connectivity index (χ4n) is 1.42. The van der Waals surface area contributed by atoms with Crippen molar-refractivity contribution in [3.8, 4) is 0 Å². The number of rotatable bonds is 4. The average molecular weight is 230 g/mol. The zero-order valence-corrected chi connectivity index (χ0v) is 10.1. The number of hydrogen-bond acceptors (Lipinski definition) is 2. The van der Waals surface area contributed by atoms with E-state index in [0.717, 1.165) is 11.3 Å². The van der Waals surface area contributed by atoms with E-state index in [1.54, 1.807) is 11.0 Å². The highest BCUT2D eigenvalue weighted by atomic mass is 35.5. The Kier molecular flexibility index (Phi) is 4.21. The molecule has 0 fully saturated rings. The van der Waals surface area contributed by atoms with Gasteiger partial charge in [-0.2, -0.15) is 0 Å². The molecule has 1 aromatic heterocycles. The number of hydrogen-bond donors (Lipinski definition) is 0. The minimum absolute atomic E-state index is 0.0699. The molecule has 0 saturated carbocycles. The summed E-state index contributed by atoms with van der Waals surface area (Å²) in [6.07, 6.45) is 0. The summed E-state index contributed by atoms with van der Waals surface area (Å²) >= 11 is 5.71. The maximum absolute atomic E-state index is 11.9. The Bertz CT molecular complexity index is 342. The summed E-state index contributed by atoms with van der Waals surface area (Å²) in [7, 11) is 0. The average Bonchev–Trinajstić information content (AvgIpc) is 2.61. The van der Waals surface area contributed by atoms with Crippen LogP contribution in [-0.2, 0) is 5.88 Å². The predicted octanol–water partition coefficient (Wildman–Crippen LogP) is 2.81. The molecule has 0 saturated heterocycles. The van der Waals surface area contributed by atoms with Crippen LogP contribution < -0.4 is 0 Å². The van der Waals surface area contributed by atoms with Gasteiger partial charge in [-0.1, -0.05) is 0 Å². The number of amides is 1. The van der Waals surface area contributed by atoms with Gasteiger partial charge in [0.2, 0.25) is 0 Å². The van der Waals surface area contributed by atoms with E-state index in [1.807, 2.05) is 20.8 Å². The zero-order chi connectivity index (χ0) is 11.4. The van der Waals surface area contributed by atoms with Gasteiger partial charge >= 0.3 is 0 Å². The third-order valence-corrected chi connectivity index (χ3v) is 2.71. The van der Waals surface area contributed by atoms with Gasteiger partial charge in [-0.3, -0.25) is 4.79 Å². The molecule has 0 bridgehead atoms. The van der Waals surface area contributed by atoms with Crippen molar-refractivity contribution in [2.24, 2.45) is 0 Å². The van der Waals surface area contributed by atoms with Crippen LogP contribution in [0.15, 0.2) is 10.5 Å². The molecule has 84 valence electrons. The Labute approximate surface area is 95.0 Å². The summed E-state index contributed by atoms with van der Waals surface area (Å²) in [6, 6.07) is 1.73. The maximum Gasteiger partial charge on any atom is 0.289 e. The number of aryl methyl sites for hydroxylation is 1. The smallest absolute Gasteiger partial charge is 0.289 e. The quantitative estimate of drug-likeness (QED) is 0.744. The van der Waals surface area contributed by atoms with Gasteiger partial charge in [-0.25, -0.2) is 0 Å². The first-order valence-electron chi connectivity index (χ1n) is 5.08.